The van der Waals surface area contributed by atoms with Crippen LogP contribution >= 0.6 is 0 Å². The number of nitrogens with one attached hydrogen (secondary N) is 1. The van der Waals surface area contributed by atoms with Gasteiger partial charge in [0.05, 0.1) is 30.9 Å². The van der Waals surface area contributed by atoms with Crippen LogP contribution in [0.2, 0.25) is 0 Å². The molecule has 1 aromatic heterocycles. The van der Waals surface area contributed by atoms with Crippen molar-refractivity contribution in [2.24, 2.45) is 0 Å². The molecule has 0 unspecified atom stereocenters. The predicted octanol–water partition coefficient (Wildman–Crippen LogP) is 1.06. The number of carbonyl (C=O) groups is 1. The monoisotopic (exact) mass is 316 g/mol. The number of benzene rings is 1. The van der Waals surface area contributed by atoms with E-state index in [9.17, 15) is 14.7 Å². The minimum atomic E-state index is -0.722. The maximum absolute atomic E-state index is 12.8. The van der Waals surface area contributed by atoms with Crippen molar-refractivity contribution < 1.29 is 14.6 Å². The molecule has 1 aliphatic rings. The molecule has 2 N–H and O–H groups in total. The SMILES string of the molecule is CCN(C(=O)c1c[nH]c2c(C)cccc2c1=O)[C@H]1COC[C@@H]1O. The number of hydrogen-bond donors (Lipinski definition) is 2. The van der Waals surface area contributed by atoms with Crippen molar-refractivity contribution in [3.8, 4) is 0 Å². The summed E-state index contributed by atoms with van der Waals surface area (Å²) in [6.45, 7) is 4.62. The Balaban J connectivity index is 2.03. The summed E-state index contributed by atoms with van der Waals surface area (Å²) in [5.74, 6) is -0.383. The molecule has 1 saturated heterocycles. The Bertz CT molecular complexity index is 799. The Morgan fingerprint density at radius 3 is 2.87 bits per heavy atom. The fourth-order valence-electron chi connectivity index (χ4n) is 3.08. The van der Waals surface area contributed by atoms with Crippen LogP contribution in [0.15, 0.2) is 29.2 Å². The summed E-state index contributed by atoms with van der Waals surface area (Å²) in [6.07, 6.45) is 0.742. The van der Waals surface area contributed by atoms with Gasteiger partial charge in [-0.15, -0.1) is 0 Å². The Morgan fingerprint density at radius 2 is 2.22 bits per heavy atom. The predicted molar refractivity (Wildman–Crippen MR) is 86.6 cm³/mol. The second-order valence-corrected chi connectivity index (χ2v) is 5.79. The molecule has 6 heteroatoms. The number of ether oxygens (including phenoxy) is 1. The molecule has 1 fully saturated rings. The van der Waals surface area contributed by atoms with Crippen LogP contribution in [0, 0.1) is 6.92 Å². The van der Waals surface area contributed by atoms with Gasteiger partial charge in [-0.25, -0.2) is 0 Å². The number of aryl methyl sites for hydroxylation is 1. The molecule has 0 saturated carbocycles. The lowest BCUT2D eigenvalue weighted by atomic mass is 10.1. The van der Waals surface area contributed by atoms with Crippen LogP contribution in [0.3, 0.4) is 0 Å². The van der Waals surface area contributed by atoms with E-state index >= 15 is 0 Å². The summed E-state index contributed by atoms with van der Waals surface area (Å²) >= 11 is 0. The minimum absolute atomic E-state index is 0.0871. The van der Waals surface area contributed by atoms with Gasteiger partial charge in [0.1, 0.15) is 5.56 Å². The van der Waals surface area contributed by atoms with Crippen LogP contribution in [-0.2, 0) is 4.74 Å². The number of aromatic amines is 1. The quantitative estimate of drug-likeness (QED) is 0.887. The Kier molecular flexibility index (Phi) is 4.19. The molecule has 2 heterocycles. The maximum atomic E-state index is 12.8. The van der Waals surface area contributed by atoms with Crippen molar-refractivity contribution in [2.45, 2.75) is 26.0 Å². The van der Waals surface area contributed by atoms with E-state index in [4.69, 9.17) is 4.74 Å². The van der Waals surface area contributed by atoms with Gasteiger partial charge in [0, 0.05) is 18.1 Å². The van der Waals surface area contributed by atoms with E-state index in [1.807, 2.05) is 19.9 Å². The van der Waals surface area contributed by atoms with E-state index in [0.29, 0.717) is 11.9 Å². The zero-order valence-electron chi connectivity index (χ0n) is 13.2. The third-order valence-electron chi connectivity index (χ3n) is 4.38. The van der Waals surface area contributed by atoms with E-state index < -0.39 is 12.1 Å². The van der Waals surface area contributed by atoms with E-state index in [1.165, 1.54) is 11.1 Å². The van der Waals surface area contributed by atoms with Gasteiger partial charge < -0.3 is 19.7 Å². The average Bonchev–Trinajstić information content (AvgIpc) is 2.95. The first-order chi connectivity index (χ1) is 11.0. The lowest BCUT2D eigenvalue weighted by molar-refractivity contribution is 0.0519. The fourth-order valence-corrected chi connectivity index (χ4v) is 3.08. The first kappa shape index (κ1) is 15.7. The third-order valence-corrected chi connectivity index (χ3v) is 4.38. The van der Waals surface area contributed by atoms with Gasteiger partial charge in [-0.1, -0.05) is 12.1 Å². The molecule has 2 atom stereocenters. The summed E-state index contributed by atoms with van der Waals surface area (Å²) in [4.78, 5) is 30.0. The number of amides is 1. The smallest absolute Gasteiger partial charge is 0.259 e. The van der Waals surface area contributed by atoms with Crippen LogP contribution in [0.4, 0.5) is 0 Å². The van der Waals surface area contributed by atoms with Gasteiger partial charge in [0.15, 0.2) is 0 Å². The van der Waals surface area contributed by atoms with Crippen LogP contribution in [0.1, 0.15) is 22.8 Å². The van der Waals surface area contributed by atoms with E-state index in [1.54, 1.807) is 12.1 Å². The number of aliphatic hydroxyl groups excluding tert-OH is 1. The third kappa shape index (κ3) is 2.64. The number of H-pyrrole nitrogens is 1. The number of pyridine rings is 1. The van der Waals surface area contributed by atoms with Crippen molar-refractivity contribution in [1.82, 2.24) is 9.88 Å². The summed E-state index contributed by atoms with van der Waals surface area (Å²) in [5, 5.41) is 10.5. The zero-order chi connectivity index (χ0) is 16.6. The highest BCUT2D eigenvalue weighted by Crippen LogP contribution is 2.17. The van der Waals surface area contributed by atoms with Crippen LogP contribution in [-0.4, -0.2) is 52.8 Å². The Morgan fingerprint density at radius 1 is 1.43 bits per heavy atom. The van der Waals surface area contributed by atoms with Gasteiger partial charge in [0.25, 0.3) is 5.91 Å². The summed E-state index contributed by atoms with van der Waals surface area (Å²) in [7, 11) is 0. The molecule has 1 aliphatic heterocycles. The second-order valence-electron chi connectivity index (χ2n) is 5.79. The lowest BCUT2D eigenvalue weighted by Gasteiger charge is -2.28. The number of nitrogens with zero attached hydrogens (tertiary/aromatic N) is 1. The van der Waals surface area contributed by atoms with Gasteiger partial charge in [-0.2, -0.15) is 0 Å². The number of hydrogen-bond acceptors (Lipinski definition) is 4. The largest absolute Gasteiger partial charge is 0.388 e. The molecule has 3 rings (SSSR count). The number of likely N-dealkylation sites (N-methyl/N-ethyl adjacent to an activating group) is 1. The summed E-state index contributed by atoms with van der Waals surface area (Å²) in [6, 6.07) is 5.00. The molecule has 0 radical (unpaired) electrons. The normalized spacial score (nSPS) is 20.8. The highest BCUT2D eigenvalue weighted by Gasteiger charge is 2.34. The summed E-state index contributed by atoms with van der Waals surface area (Å²) in [5.41, 5.74) is 1.48. The number of rotatable bonds is 3. The van der Waals surface area contributed by atoms with Gasteiger partial charge in [-0.3, -0.25) is 9.59 Å². The minimum Gasteiger partial charge on any atom is -0.388 e. The fraction of sp³-hybridized carbons (Fsp3) is 0.412. The topological polar surface area (TPSA) is 82.6 Å². The van der Waals surface area contributed by atoms with Crippen LogP contribution in [0.5, 0.6) is 0 Å². The van der Waals surface area contributed by atoms with E-state index in [2.05, 4.69) is 4.98 Å². The first-order valence-corrected chi connectivity index (χ1v) is 7.72. The van der Waals surface area contributed by atoms with Crippen molar-refractivity contribution in [1.29, 1.82) is 0 Å². The Labute approximate surface area is 133 Å². The first-order valence-electron chi connectivity index (χ1n) is 7.72. The van der Waals surface area contributed by atoms with Crippen LogP contribution in [0.25, 0.3) is 10.9 Å². The molecule has 122 valence electrons. The highest BCUT2D eigenvalue weighted by atomic mass is 16.5. The number of aliphatic hydroxyl groups is 1. The molecule has 0 bridgehead atoms. The molecular formula is C17H20N2O4. The number of aromatic nitrogens is 1. The summed E-state index contributed by atoms with van der Waals surface area (Å²) < 4.78 is 5.22. The number of fused-ring (bicyclic) bond motifs is 1. The molecule has 1 aromatic carbocycles. The molecule has 1 amide bonds. The highest BCUT2D eigenvalue weighted by molar-refractivity contribution is 5.97. The zero-order valence-corrected chi connectivity index (χ0v) is 13.2. The van der Waals surface area contributed by atoms with Crippen molar-refractivity contribution in [3.05, 3.63) is 45.7 Å². The Hall–Kier alpha value is -2.18. The molecule has 6 nitrogen and oxygen atoms in total. The van der Waals surface area contributed by atoms with E-state index in [0.717, 1.165) is 11.1 Å². The second kappa shape index (κ2) is 6.14. The molecule has 0 spiro atoms. The van der Waals surface area contributed by atoms with Crippen molar-refractivity contribution in [2.75, 3.05) is 19.8 Å². The number of para-hydroxylation sites is 1. The maximum Gasteiger partial charge on any atom is 0.259 e. The number of carbonyl (C=O) groups excluding carboxylic acids is 1. The van der Waals surface area contributed by atoms with Crippen LogP contribution < -0.4 is 5.43 Å². The van der Waals surface area contributed by atoms with E-state index in [-0.39, 0.29) is 30.1 Å². The van der Waals surface area contributed by atoms with Crippen molar-refractivity contribution >= 4 is 16.8 Å². The molecule has 2 aromatic rings. The molecule has 0 aliphatic carbocycles. The molecule has 23 heavy (non-hydrogen) atoms. The van der Waals surface area contributed by atoms with Gasteiger partial charge >= 0.3 is 0 Å². The lowest BCUT2D eigenvalue weighted by Crippen LogP contribution is -2.47. The van der Waals surface area contributed by atoms with Gasteiger partial charge in [-0.05, 0) is 25.5 Å². The standard InChI is InChI=1S/C17H20N2O4/c1-3-19(13-8-23-9-14(13)20)17(22)12-7-18-15-10(2)5-4-6-11(15)16(12)21/h4-7,13-14,20H,3,8-9H2,1-2H3,(H,18,21)/t13-,14-/m0/s1. The van der Waals surface area contributed by atoms with Gasteiger partial charge in [0.2, 0.25) is 5.43 Å². The van der Waals surface area contributed by atoms with Crippen molar-refractivity contribution in [3.63, 3.8) is 0 Å². The average molecular weight is 316 g/mol. The molecular weight excluding hydrogens is 296 g/mol.